The first kappa shape index (κ1) is 23.3. The molecule has 0 spiro atoms. The summed E-state index contributed by atoms with van der Waals surface area (Å²) in [6.45, 7) is 5.97. The van der Waals surface area contributed by atoms with Crippen molar-refractivity contribution in [2.24, 2.45) is 0 Å². The van der Waals surface area contributed by atoms with Crippen LogP contribution >= 0.6 is 0 Å². The van der Waals surface area contributed by atoms with Crippen molar-refractivity contribution in [1.82, 2.24) is 0 Å². The number of hydrogen-bond acceptors (Lipinski definition) is 4. The van der Waals surface area contributed by atoms with Crippen LogP contribution in [0.1, 0.15) is 23.6 Å². The Balaban J connectivity index is 1.41. The molecule has 4 aromatic rings. The van der Waals surface area contributed by atoms with Crippen molar-refractivity contribution in [3.63, 3.8) is 0 Å². The van der Waals surface area contributed by atoms with Crippen molar-refractivity contribution < 1.29 is 17.9 Å². The topological polar surface area (TPSA) is 52.6 Å². The van der Waals surface area contributed by atoms with E-state index in [2.05, 4.69) is 30.8 Å². The van der Waals surface area contributed by atoms with Crippen LogP contribution in [0.25, 0.3) is 5.57 Å². The van der Waals surface area contributed by atoms with E-state index in [0.29, 0.717) is 17.2 Å². The van der Waals surface area contributed by atoms with E-state index in [1.807, 2.05) is 31.2 Å². The van der Waals surface area contributed by atoms with Crippen molar-refractivity contribution in [2.75, 3.05) is 7.11 Å². The van der Waals surface area contributed by atoms with Gasteiger partial charge in [-0.2, -0.15) is 0 Å². The van der Waals surface area contributed by atoms with E-state index in [1.54, 1.807) is 43.5 Å². The summed E-state index contributed by atoms with van der Waals surface area (Å²) in [6.07, 6.45) is 0.828. The molecule has 0 aliphatic heterocycles. The lowest BCUT2D eigenvalue weighted by Crippen LogP contribution is -2.01. The van der Waals surface area contributed by atoms with Crippen LogP contribution in [0.15, 0.2) is 113 Å². The second-order valence-electron chi connectivity index (χ2n) is 8.05. The predicted octanol–water partition coefficient (Wildman–Crippen LogP) is 6.94. The Kier molecular flexibility index (Phi) is 6.85. The third kappa shape index (κ3) is 5.38. The molecule has 0 aliphatic rings. The van der Waals surface area contributed by atoms with Crippen LogP contribution in [0.4, 0.5) is 0 Å². The second kappa shape index (κ2) is 9.98. The van der Waals surface area contributed by atoms with Gasteiger partial charge in [0.05, 0.1) is 16.9 Å². The van der Waals surface area contributed by atoms with Crippen LogP contribution in [0.5, 0.6) is 17.2 Å². The Bertz CT molecular complexity index is 1370. The molecule has 0 saturated carbocycles. The van der Waals surface area contributed by atoms with Gasteiger partial charge in [0.25, 0.3) is 0 Å². The Morgan fingerprint density at radius 2 is 1.09 bits per heavy atom. The van der Waals surface area contributed by atoms with Gasteiger partial charge in [-0.25, -0.2) is 8.42 Å². The molecule has 0 radical (unpaired) electrons. The van der Waals surface area contributed by atoms with E-state index in [0.717, 1.165) is 17.6 Å². The van der Waals surface area contributed by atoms with Crippen molar-refractivity contribution in [3.8, 4) is 17.2 Å². The van der Waals surface area contributed by atoms with E-state index in [9.17, 15) is 8.42 Å². The van der Waals surface area contributed by atoms with Crippen molar-refractivity contribution in [3.05, 3.63) is 120 Å². The fraction of sp³-hybridized carbons (Fsp3) is 0.103. The molecule has 4 aromatic carbocycles. The Hall–Kier alpha value is -3.83. The zero-order chi connectivity index (χ0) is 24.1. The molecule has 0 aliphatic carbocycles. The summed E-state index contributed by atoms with van der Waals surface area (Å²) in [5, 5.41) is 0. The average Bonchev–Trinajstić information content (AvgIpc) is 2.86. The second-order valence-corrected chi connectivity index (χ2v) is 10.0. The quantitative estimate of drug-likeness (QED) is 0.280. The van der Waals surface area contributed by atoms with Gasteiger partial charge in [0.2, 0.25) is 9.84 Å². The lowest BCUT2D eigenvalue weighted by molar-refractivity contribution is 0.414. The number of benzene rings is 4. The molecule has 0 amide bonds. The lowest BCUT2D eigenvalue weighted by Gasteiger charge is -2.09. The molecule has 4 nitrogen and oxygen atoms in total. The zero-order valence-corrected chi connectivity index (χ0v) is 20.0. The summed E-state index contributed by atoms with van der Waals surface area (Å²) >= 11 is 0. The van der Waals surface area contributed by atoms with E-state index < -0.39 is 9.84 Å². The highest BCUT2D eigenvalue weighted by Crippen LogP contribution is 2.27. The molecule has 0 heterocycles. The largest absolute Gasteiger partial charge is 0.497 e. The summed E-state index contributed by atoms with van der Waals surface area (Å²) in [6, 6.07) is 29.1. The standard InChI is InChI=1S/C29H26O4S/c1-21(2)24-8-4-22(5-9-24)20-23-6-10-26(11-7-23)33-27-14-18-29(19-15-27)34(30,31)28-16-12-25(32-3)13-17-28/h4-19H,1,20H2,2-3H3. The maximum Gasteiger partial charge on any atom is 0.206 e. The first-order valence-electron chi connectivity index (χ1n) is 10.9. The maximum absolute atomic E-state index is 12.9. The molecular formula is C29H26O4S. The highest BCUT2D eigenvalue weighted by atomic mass is 32.2. The molecule has 0 fully saturated rings. The van der Waals surface area contributed by atoms with Crippen LogP contribution in [0, 0.1) is 0 Å². The first-order chi connectivity index (χ1) is 16.3. The van der Waals surface area contributed by atoms with Crippen LogP contribution in [0.3, 0.4) is 0 Å². The minimum atomic E-state index is -3.61. The van der Waals surface area contributed by atoms with E-state index in [1.165, 1.54) is 23.3 Å². The van der Waals surface area contributed by atoms with Gasteiger partial charge in [0, 0.05) is 0 Å². The summed E-state index contributed by atoms with van der Waals surface area (Å²) < 4.78 is 36.7. The number of allylic oxidation sites excluding steroid dienone is 1. The van der Waals surface area contributed by atoms with Crippen molar-refractivity contribution in [1.29, 1.82) is 0 Å². The van der Waals surface area contributed by atoms with Crippen molar-refractivity contribution in [2.45, 2.75) is 23.1 Å². The number of rotatable bonds is 8. The highest BCUT2D eigenvalue weighted by molar-refractivity contribution is 7.91. The molecule has 5 heteroatoms. The third-order valence-electron chi connectivity index (χ3n) is 5.52. The number of sulfone groups is 1. The van der Waals surface area contributed by atoms with Gasteiger partial charge in [0.15, 0.2) is 0 Å². The highest BCUT2D eigenvalue weighted by Gasteiger charge is 2.17. The average molecular weight is 471 g/mol. The maximum atomic E-state index is 12.9. The number of hydrogen-bond donors (Lipinski definition) is 0. The summed E-state index contributed by atoms with van der Waals surface area (Å²) in [7, 11) is -2.07. The molecule has 0 saturated heterocycles. The number of methoxy groups -OCH3 is 1. The van der Waals surface area contributed by atoms with Gasteiger partial charge in [-0.15, -0.1) is 0 Å². The molecule has 0 atom stereocenters. The molecule has 0 unspecified atom stereocenters. The Morgan fingerprint density at radius 1 is 0.676 bits per heavy atom. The van der Waals surface area contributed by atoms with E-state index in [4.69, 9.17) is 9.47 Å². The summed E-state index contributed by atoms with van der Waals surface area (Å²) in [5.74, 6) is 1.86. The van der Waals surface area contributed by atoms with Crippen LogP contribution in [-0.4, -0.2) is 15.5 Å². The van der Waals surface area contributed by atoms with E-state index >= 15 is 0 Å². The lowest BCUT2D eigenvalue weighted by atomic mass is 10.0. The molecule has 0 N–H and O–H groups in total. The molecular weight excluding hydrogens is 444 g/mol. The van der Waals surface area contributed by atoms with Gasteiger partial charge in [0.1, 0.15) is 17.2 Å². The SMILES string of the molecule is C=C(C)c1ccc(Cc2ccc(Oc3ccc(S(=O)(=O)c4ccc(OC)cc4)cc3)cc2)cc1. The zero-order valence-electron chi connectivity index (χ0n) is 19.2. The van der Waals surface area contributed by atoms with E-state index in [-0.39, 0.29) is 9.79 Å². The number of ether oxygens (including phenoxy) is 2. The first-order valence-corrected chi connectivity index (χ1v) is 12.3. The molecule has 0 bridgehead atoms. The van der Waals surface area contributed by atoms with Gasteiger partial charge in [-0.05, 0) is 90.7 Å². The smallest absolute Gasteiger partial charge is 0.206 e. The monoisotopic (exact) mass is 470 g/mol. The third-order valence-corrected chi connectivity index (χ3v) is 7.30. The van der Waals surface area contributed by atoms with Gasteiger partial charge in [-0.3, -0.25) is 0 Å². The van der Waals surface area contributed by atoms with Gasteiger partial charge >= 0.3 is 0 Å². The summed E-state index contributed by atoms with van der Waals surface area (Å²) in [4.78, 5) is 0.421. The van der Waals surface area contributed by atoms with Crippen LogP contribution in [-0.2, 0) is 16.3 Å². The Morgan fingerprint density at radius 3 is 1.53 bits per heavy atom. The van der Waals surface area contributed by atoms with Crippen molar-refractivity contribution >= 4 is 15.4 Å². The summed E-state index contributed by atoms with van der Waals surface area (Å²) in [5.41, 5.74) is 4.61. The minimum absolute atomic E-state index is 0.207. The normalized spacial score (nSPS) is 11.1. The fourth-order valence-corrected chi connectivity index (χ4v) is 4.79. The predicted molar refractivity (Wildman–Crippen MR) is 135 cm³/mol. The molecule has 4 rings (SSSR count). The fourth-order valence-electron chi connectivity index (χ4n) is 3.53. The molecule has 172 valence electrons. The Labute approximate surface area is 201 Å². The van der Waals surface area contributed by atoms with Gasteiger partial charge in [-0.1, -0.05) is 48.6 Å². The van der Waals surface area contributed by atoms with Crippen LogP contribution < -0.4 is 9.47 Å². The molecule has 0 aromatic heterocycles. The van der Waals surface area contributed by atoms with Crippen LogP contribution in [0.2, 0.25) is 0 Å². The molecule has 34 heavy (non-hydrogen) atoms. The minimum Gasteiger partial charge on any atom is -0.497 e. The van der Waals surface area contributed by atoms with Gasteiger partial charge < -0.3 is 9.47 Å².